The van der Waals surface area contributed by atoms with E-state index < -0.39 is 15.9 Å². The Kier molecular flexibility index (Phi) is 6.90. The predicted octanol–water partition coefficient (Wildman–Crippen LogP) is 4.67. The number of anilines is 1. The summed E-state index contributed by atoms with van der Waals surface area (Å²) in [5, 5.41) is 7.38. The van der Waals surface area contributed by atoms with Crippen molar-refractivity contribution in [3.05, 3.63) is 45.6 Å². The Morgan fingerprint density at radius 3 is 2.82 bits per heavy atom. The van der Waals surface area contributed by atoms with Gasteiger partial charge in [-0.25, -0.2) is 8.42 Å². The Morgan fingerprint density at radius 1 is 1.33 bits per heavy atom. The summed E-state index contributed by atoms with van der Waals surface area (Å²) in [6.45, 7) is 6.05. The molecule has 1 aliphatic heterocycles. The van der Waals surface area contributed by atoms with Crippen LogP contribution < -0.4 is 5.32 Å². The fourth-order valence-corrected chi connectivity index (χ4v) is 6.95. The van der Waals surface area contributed by atoms with E-state index in [-0.39, 0.29) is 17.3 Å². The van der Waals surface area contributed by atoms with E-state index in [9.17, 15) is 13.2 Å². The zero-order valence-corrected chi connectivity index (χ0v) is 21.0. The Labute approximate surface area is 202 Å². The molecule has 0 unspecified atom stereocenters. The number of rotatable bonds is 6. The van der Waals surface area contributed by atoms with Gasteiger partial charge < -0.3 is 9.84 Å². The lowest BCUT2D eigenvalue weighted by Gasteiger charge is -2.31. The van der Waals surface area contributed by atoms with E-state index in [1.165, 1.54) is 15.6 Å². The van der Waals surface area contributed by atoms with Gasteiger partial charge in [0, 0.05) is 35.1 Å². The third kappa shape index (κ3) is 4.98. The number of carbonyl (C=O) groups is 1. The molecule has 0 radical (unpaired) electrons. The third-order valence-corrected chi connectivity index (χ3v) is 9.25. The van der Waals surface area contributed by atoms with Gasteiger partial charge in [-0.2, -0.15) is 9.29 Å². The molecule has 1 atom stereocenters. The summed E-state index contributed by atoms with van der Waals surface area (Å²) in [6.07, 6.45) is 1.83. The Morgan fingerprint density at radius 2 is 2.12 bits per heavy atom. The molecule has 3 aromatic rings. The molecule has 1 amide bonds. The quantitative estimate of drug-likeness (QED) is 0.518. The second-order valence-electron chi connectivity index (χ2n) is 8.05. The van der Waals surface area contributed by atoms with Crippen molar-refractivity contribution in [2.75, 3.05) is 18.4 Å². The SMILES string of the molecule is CCc1nc(-c2cc(S(=O)(=O)N3CCC[C@H](C(=O)Nc4ccc(C)c(Cl)c4)C3)c(C)s2)no1. The van der Waals surface area contributed by atoms with Crippen molar-refractivity contribution >= 4 is 44.6 Å². The predicted molar refractivity (Wildman–Crippen MR) is 128 cm³/mol. The Bertz CT molecular complexity index is 1290. The Hall–Kier alpha value is -2.27. The molecular weight excluding hydrogens is 484 g/mol. The molecule has 0 spiro atoms. The smallest absolute Gasteiger partial charge is 0.244 e. The number of aromatic nitrogens is 2. The molecule has 11 heteroatoms. The highest BCUT2D eigenvalue weighted by molar-refractivity contribution is 7.89. The van der Waals surface area contributed by atoms with E-state index in [0.29, 0.717) is 58.0 Å². The fourth-order valence-electron chi connectivity index (χ4n) is 3.76. The fraction of sp³-hybridized carbons (Fsp3) is 0.409. The zero-order valence-electron chi connectivity index (χ0n) is 18.6. The van der Waals surface area contributed by atoms with Crippen molar-refractivity contribution in [1.29, 1.82) is 0 Å². The molecule has 8 nitrogen and oxygen atoms in total. The topological polar surface area (TPSA) is 105 Å². The average Bonchev–Trinajstić information content (AvgIpc) is 3.43. The van der Waals surface area contributed by atoms with Gasteiger partial charge >= 0.3 is 0 Å². The van der Waals surface area contributed by atoms with E-state index in [2.05, 4.69) is 15.5 Å². The summed E-state index contributed by atoms with van der Waals surface area (Å²) >= 11 is 7.46. The van der Waals surface area contributed by atoms with Crippen LogP contribution in [-0.2, 0) is 21.2 Å². The van der Waals surface area contributed by atoms with Crippen LogP contribution in [0.25, 0.3) is 10.7 Å². The largest absolute Gasteiger partial charge is 0.339 e. The molecule has 1 saturated heterocycles. The monoisotopic (exact) mass is 508 g/mol. The first kappa shape index (κ1) is 23.9. The number of amides is 1. The maximum Gasteiger partial charge on any atom is 0.244 e. The van der Waals surface area contributed by atoms with Crippen LogP contribution in [0.1, 0.15) is 36.1 Å². The molecule has 1 N–H and O–H groups in total. The highest BCUT2D eigenvalue weighted by Crippen LogP contribution is 2.35. The summed E-state index contributed by atoms with van der Waals surface area (Å²) in [5.41, 5.74) is 1.52. The maximum absolute atomic E-state index is 13.4. The standard InChI is InChI=1S/C22H25ClN4O4S2/c1-4-20-25-21(26-31-20)18-11-19(14(3)32-18)33(29,30)27-9-5-6-15(12-27)22(28)24-16-8-7-13(2)17(23)10-16/h7-8,10-11,15H,4-6,9,12H2,1-3H3,(H,24,28)/t15-/m0/s1. The molecule has 0 aliphatic carbocycles. The molecule has 1 fully saturated rings. The molecule has 33 heavy (non-hydrogen) atoms. The zero-order chi connectivity index (χ0) is 23.8. The van der Waals surface area contributed by atoms with Crippen LogP contribution in [0.2, 0.25) is 5.02 Å². The van der Waals surface area contributed by atoms with Gasteiger partial charge in [-0.1, -0.05) is 29.7 Å². The molecular formula is C22H25ClN4O4S2. The van der Waals surface area contributed by atoms with Gasteiger partial charge in [0.25, 0.3) is 0 Å². The van der Waals surface area contributed by atoms with E-state index in [4.69, 9.17) is 16.1 Å². The summed E-state index contributed by atoms with van der Waals surface area (Å²) in [7, 11) is -3.77. The molecule has 1 aromatic carbocycles. The minimum Gasteiger partial charge on any atom is -0.339 e. The van der Waals surface area contributed by atoms with Crippen LogP contribution >= 0.6 is 22.9 Å². The second-order valence-corrected chi connectivity index (χ2v) is 11.6. The molecule has 1 aliphatic rings. The minimum absolute atomic E-state index is 0.126. The molecule has 176 valence electrons. The summed E-state index contributed by atoms with van der Waals surface area (Å²) < 4.78 is 33.4. The highest BCUT2D eigenvalue weighted by Gasteiger charge is 2.35. The number of hydrogen-bond donors (Lipinski definition) is 1. The van der Waals surface area contributed by atoms with Gasteiger partial charge in [-0.15, -0.1) is 11.3 Å². The van der Waals surface area contributed by atoms with Crippen molar-refractivity contribution in [3.63, 3.8) is 0 Å². The first-order valence-electron chi connectivity index (χ1n) is 10.7. The van der Waals surface area contributed by atoms with Crippen LogP contribution in [0, 0.1) is 19.8 Å². The van der Waals surface area contributed by atoms with Crippen LogP contribution in [0.15, 0.2) is 33.7 Å². The van der Waals surface area contributed by atoms with Crippen molar-refractivity contribution < 1.29 is 17.7 Å². The summed E-state index contributed by atoms with van der Waals surface area (Å²) in [6, 6.07) is 6.91. The van der Waals surface area contributed by atoms with Crippen LogP contribution in [0.5, 0.6) is 0 Å². The van der Waals surface area contributed by atoms with Gasteiger partial charge in [0.15, 0.2) is 0 Å². The van der Waals surface area contributed by atoms with Crippen molar-refractivity contribution in [2.24, 2.45) is 5.92 Å². The van der Waals surface area contributed by atoms with Gasteiger partial charge in [0.1, 0.15) is 0 Å². The number of benzene rings is 1. The van der Waals surface area contributed by atoms with E-state index >= 15 is 0 Å². The van der Waals surface area contributed by atoms with Gasteiger partial charge in [-0.05, 0) is 50.5 Å². The van der Waals surface area contributed by atoms with Gasteiger partial charge in [0.05, 0.1) is 15.7 Å². The molecule has 2 aromatic heterocycles. The van der Waals surface area contributed by atoms with E-state index in [1.54, 1.807) is 25.1 Å². The van der Waals surface area contributed by atoms with Gasteiger partial charge in [0.2, 0.25) is 27.6 Å². The highest BCUT2D eigenvalue weighted by atomic mass is 35.5. The van der Waals surface area contributed by atoms with Crippen molar-refractivity contribution in [3.8, 4) is 10.7 Å². The van der Waals surface area contributed by atoms with E-state index in [1.807, 2.05) is 19.9 Å². The second kappa shape index (κ2) is 9.54. The van der Waals surface area contributed by atoms with E-state index in [0.717, 1.165) is 5.56 Å². The average molecular weight is 509 g/mol. The van der Waals surface area contributed by atoms with Crippen molar-refractivity contribution in [1.82, 2.24) is 14.4 Å². The number of piperidine rings is 1. The summed E-state index contributed by atoms with van der Waals surface area (Å²) in [4.78, 5) is 18.7. The molecule has 0 saturated carbocycles. The molecule has 3 heterocycles. The lowest BCUT2D eigenvalue weighted by molar-refractivity contribution is -0.120. The lowest BCUT2D eigenvalue weighted by Crippen LogP contribution is -2.43. The third-order valence-electron chi connectivity index (χ3n) is 5.68. The number of sulfonamides is 1. The first-order chi connectivity index (χ1) is 15.7. The molecule has 0 bridgehead atoms. The summed E-state index contributed by atoms with van der Waals surface area (Å²) in [5.74, 6) is 0.224. The molecule has 4 rings (SSSR count). The first-order valence-corrected chi connectivity index (χ1v) is 13.3. The van der Waals surface area contributed by atoms with Crippen LogP contribution in [-0.4, -0.2) is 41.9 Å². The number of aryl methyl sites for hydroxylation is 3. The number of carbonyl (C=O) groups excluding carboxylic acids is 1. The van der Waals surface area contributed by atoms with Gasteiger partial charge in [-0.3, -0.25) is 4.79 Å². The Balaban J connectivity index is 1.51. The minimum atomic E-state index is -3.77. The lowest BCUT2D eigenvalue weighted by atomic mass is 9.98. The number of thiophene rings is 1. The maximum atomic E-state index is 13.4. The van der Waals surface area contributed by atoms with Crippen molar-refractivity contribution in [2.45, 2.75) is 44.9 Å². The number of hydrogen-bond acceptors (Lipinski definition) is 7. The number of halogens is 1. The van der Waals surface area contributed by atoms with Crippen LogP contribution in [0.3, 0.4) is 0 Å². The van der Waals surface area contributed by atoms with Crippen LogP contribution in [0.4, 0.5) is 5.69 Å². The number of nitrogens with zero attached hydrogens (tertiary/aromatic N) is 3. The normalized spacial score (nSPS) is 17.3. The number of nitrogens with one attached hydrogen (secondary N) is 1.